The summed E-state index contributed by atoms with van der Waals surface area (Å²) >= 11 is 0. The third kappa shape index (κ3) is 4.06. The number of aromatic nitrogens is 2. The summed E-state index contributed by atoms with van der Waals surface area (Å²) in [5, 5.41) is 19.8. The van der Waals surface area contributed by atoms with Crippen molar-refractivity contribution < 1.29 is 21.6 Å². The van der Waals surface area contributed by atoms with Gasteiger partial charge in [0.2, 0.25) is 10.0 Å². The Kier molecular flexibility index (Phi) is 5.64. The number of sulfonamides is 1. The van der Waals surface area contributed by atoms with E-state index in [1.165, 1.54) is 12.1 Å². The molecule has 1 fully saturated rings. The van der Waals surface area contributed by atoms with Gasteiger partial charge in [0.05, 0.1) is 34.1 Å². The zero-order chi connectivity index (χ0) is 24.0. The second-order valence-corrected chi connectivity index (χ2v) is 9.61. The number of hydrogen-bond donors (Lipinski definition) is 1. The van der Waals surface area contributed by atoms with Crippen LogP contribution in [0.25, 0.3) is 22.3 Å². The maximum absolute atomic E-state index is 12.8. The van der Waals surface area contributed by atoms with Crippen LogP contribution >= 0.6 is 0 Å². The van der Waals surface area contributed by atoms with Gasteiger partial charge in [-0.25, -0.2) is 8.42 Å². The van der Waals surface area contributed by atoms with Crippen LogP contribution in [0.4, 0.5) is 13.2 Å². The van der Waals surface area contributed by atoms with Crippen molar-refractivity contribution >= 4 is 20.9 Å². The van der Waals surface area contributed by atoms with E-state index in [0.29, 0.717) is 40.3 Å². The molecule has 0 radical (unpaired) electrons. The highest BCUT2D eigenvalue weighted by molar-refractivity contribution is 7.89. The Balaban J connectivity index is 1.82. The van der Waals surface area contributed by atoms with E-state index in [9.17, 15) is 32.1 Å². The predicted molar refractivity (Wildman–Crippen MR) is 113 cm³/mol. The maximum atomic E-state index is 12.8. The average molecular weight is 473 g/mol. The van der Waals surface area contributed by atoms with Crippen LogP contribution in [0.15, 0.2) is 41.4 Å². The topological polar surface area (TPSA) is 112 Å². The Morgan fingerprint density at radius 3 is 2.42 bits per heavy atom. The van der Waals surface area contributed by atoms with E-state index in [4.69, 9.17) is 0 Å². The summed E-state index contributed by atoms with van der Waals surface area (Å²) in [6.07, 6.45) is -0.981. The smallest absolute Gasteiger partial charge is 0.335 e. The van der Waals surface area contributed by atoms with Crippen LogP contribution in [0.2, 0.25) is 0 Å². The van der Waals surface area contributed by atoms with Gasteiger partial charge in [0, 0.05) is 17.6 Å². The average Bonchev–Trinajstić information content (AvgIpc) is 3.04. The fraction of sp³-hybridized carbons (Fsp3) is 0.318. The molecule has 33 heavy (non-hydrogen) atoms. The lowest BCUT2D eigenvalue weighted by Gasteiger charge is -2.30. The molecule has 0 amide bonds. The zero-order valence-electron chi connectivity index (χ0n) is 17.4. The van der Waals surface area contributed by atoms with Crippen LogP contribution in [-0.2, 0) is 10.0 Å². The largest absolute Gasteiger partial charge is 0.404 e. The van der Waals surface area contributed by atoms with E-state index in [2.05, 4.69) is 17.1 Å². The van der Waals surface area contributed by atoms with Crippen molar-refractivity contribution in [1.82, 2.24) is 14.3 Å². The first-order valence-electron chi connectivity index (χ1n) is 10.1. The van der Waals surface area contributed by atoms with Crippen molar-refractivity contribution in [1.29, 1.82) is 10.5 Å². The summed E-state index contributed by atoms with van der Waals surface area (Å²) in [5.41, 5.74) is 2.30. The molecular weight excluding hydrogens is 455 g/mol. The molecule has 0 saturated heterocycles. The van der Waals surface area contributed by atoms with Crippen LogP contribution < -0.4 is 4.72 Å². The lowest BCUT2D eigenvalue weighted by Crippen LogP contribution is -2.42. The number of alkyl halides is 3. The van der Waals surface area contributed by atoms with Crippen LogP contribution in [0.1, 0.15) is 43.4 Å². The standard InChI is InChI=1S/C22H18F3N5O2S/c1-13(22(23,24)25)29-33(31,32)16-6-8-19(28-12-16)21-18(11-27)17-7-5-14(10-26)9-20(17)30(21)15-3-2-4-15/h5-9,12-13,15,29H,2-4H2,1H3. The SMILES string of the molecule is CC(NS(=O)(=O)c1ccc(-c2c(C#N)c3ccc(C#N)cc3n2C2CCC2)nc1)C(F)(F)F. The molecule has 7 nitrogen and oxygen atoms in total. The van der Waals surface area contributed by atoms with Crippen molar-refractivity contribution in [2.75, 3.05) is 0 Å². The highest BCUT2D eigenvalue weighted by atomic mass is 32.2. The Labute approximate surface area is 188 Å². The third-order valence-electron chi connectivity index (χ3n) is 5.80. The molecule has 1 aromatic carbocycles. The predicted octanol–water partition coefficient (Wildman–Crippen LogP) is 4.40. The van der Waals surface area contributed by atoms with Crippen LogP contribution in [-0.4, -0.2) is 30.2 Å². The van der Waals surface area contributed by atoms with Gasteiger partial charge in [-0.05, 0) is 50.5 Å². The highest BCUT2D eigenvalue weighted by Crippen LogP contribution is 2.42. The number of pyridine rings is 1. The second kappa shape index (κ2) is 8.18. The van der Waals surface area contributed by atoms with E-state index in [-0.39, 0.29) is 6.04 Å². The molecule has 1 saturated carbocycles. The number of nitrogens with one attached hydrogen (secondary N) is 1. The first-order valence-corrected chi connectivity index (χ1v) is 11.6. The number of hydrogen-bond acceptors (Lipinski definition) is 5. The van der Waals surface area contributed by atoms with Gasteiger partial charge in [0.25, 0.3) is 0 Å². The molecule has 1 aliphatic rings. The van der Waals surface area contributed by atoms with Crippen LogP contribution in [0, 0.1) is 22.7 Å². The van der Waals surface area contributed by atoms with Crippen LogP contribution in [0.5, 0.6) is 0 Å². The van der Waals surface area contributed by atoms with E-state index >= 15 is 0 Å². The zero-order valence-corrected chi connectivity index (χ0v) is 18.2. The first-order chi connectivity index (χ1) is 15.6. The van der Waals surface area contributed by atoms with Gasteiger partial charge in [-0.3, -0.25) is 4.98 Å². The summed E-state index contributed by atoms with van der Waals surface area (Å²) in [6.45, 7) is 0.713. The molecule has 2 heterocycles. The van der Waals surface area contributed by atoms with Crippen molar-refractivity contribution in [2.45, 2.75) is 49.3 Å². The normalized spacial score (nSPS) is 15.6. The number of nitrogens with zero attached hydrogens (tertiary/aromatic N) is 4. The highest BCUT2D eigenvalue weighted by Gasteiger charge is 2.39. The van der Waals surface area contributed by atoms with Crippen LogP contribution in [0.3, 0.4) is 0 Å². The van der Waals surface area contributed by atoms with Crippen molar-refractivity contribution in [3.63, 3.8) is 0 Å². The number of nitriles is 2. The van der Waals surface area contributed by atoms with Gasteiger partial charge in [-0.2, -0.15) is 28.4 Å². The molecule has 0 aliphatic heterocycles. The minimum atomic E-state index is -4.73. The lowest BCUT2D eigenvalue weighted by molar-refractivity contribution is -0.147. The van der Waals surface area contributed by atoms with Crippen molar-refractivity contribution in [3.05, 3.63) is 47.7 Å². The molecule has 11 heteroatoms. The summed E-state index contributed by atoms with van der Waals surface area (Å²) in [6, 6.07) is 9.68. The van der Waals surface area contributed by atoms with Gasteiger partial charge >= 0.3 is 6.18 Å². The maximum Gasteiger partial charge on any atom is 0.404 e. The Bertz CT molecular complexity index is 1410. The van der Waals surface area contributed by atoms with Gasteiger partial charge < -0.3 is 4.57 Å². The van der Waals surface area contributed by atoms with Gasteiger partial charge in [0.15, 0.2) is 0 Å². The number of halogens is 3. The Morgan fingerprint density at radius 2 is 1.91 bits per heavy atom. The summed E-state index contributed by atoms with van der Waals surface area (Å²) < 4.78 is 66.6. The quantitative estimate of drug-likeness (QED) is 0.590. The molecule has 0 bridgehead atoms. The summed E-state index contributed by atoms with van der Waals surface area (Å²) in [4.78, 5) is 3.78. The molecule has 1 N–H and O–H groups in total. The molecule has 1 unspecified atom stereocenters. The third-order valence-corrected chi connectivity index (χ3v) is 7.32. The summed E-state index contributed by atoms with van der Waals surface area (Å²) in [5.74, 6) is 0. The van der Waals surface area contributed by atoms with Crippen molar-refractivity contribution in [3.8, 4) is 23.5 Å². The number of rotatable bonds is 5. The lowest BCUT2D eigenvalue weighted by atomic mass is 9.92. The van der Waals surface area contributed by atoms with E-state index in [0.717, 1.165) is 25.5 Å². The molecule has 2 aromatic heterocycles. The van der Waals surface area contributed by atoms with E-state index in [1.807, 2.05) is 4.57 Å². The Hall–Kier alpha value is -3.41. The van der Waals surface area contributed by atoms with Gasteiger partial charge in [-0.15, -0.1) is 0 Å². The fourth-order valence-electron chi connectivity index (χ4n) is 3.82. The number of benzene rings is 1. The van der Waals surface area contributed by atoms with Gasteiger partial charge in [-0.1, -0.05) is 6.07 Å². The minimum absolute atomic E-state index is 0.0954. The number of fused-ring (bicyclic) bond motifs is 1. The van der Waals surface area contributed by atoms with E-state index in [1.54, 1.807) is 22.9 Å². The molecule has 170 valence electrons. The second-order valence-electron chi connectivity index (χ2n) is 7.90. The molecular formula is C22H18F3N5O2S. The molecule has 3 aromatic rings. The Morgan fingerprint density at radius 1 is 1.18 bits per heavy atom. The summed E-state index contributed by atoms with van der Waals surface area (Å²) in [7, 11) is -4.45. The van der Waals surface area contributed by atoms with Crippen molar-refractivity contribution in [2.24, 2.45) is 0 Å². The molecule has 0 spiro atoms. The van der Waals surface area contributed by atoms with Gasteiger partial charge in [0.1, 0.15) is 17.0 Å². The fourth-order valence-corrected chi connectivity index (χ4v) is 4.99. The molecule has 4 rings (SSSR count). The molecule has 1 atom stereocenters. The first kappa shape index (κ1) is 22.8. The molecule has 1 aliphatic carbocycles. The minimum Gasteiger partial charge on any atom is -0.335 e. The van der Waals surface area contributed by atoms with E-state index < -0.39 is 27.1 Å². The monoisotopic (exact) mass is 473 g/mol.